The zero-order chi connectivity index (χ0) is 15.3. The predicted octanol–water partition coefficient (Wildman–Crippen LogP) is 0.746. The number of carbonyl (C=O) groups is 1. The molecule has 0 bridgehead atoms. The Balaban J connectivity index is 1.81. The summed E-state index contributed by atoms with van der Waals surface area (Å²) in [6.45, 7) is 3.20. The van der Waals surface area contributed by atoms with Crippen LogP contribution in [0, 0.1) is 6.92 Å². The van der Waals surface area contributed by atoms with Gasteiger partial charge in [0.15, 0.2) is 6.29 Å². The number of benzene rings is 1. The van der Waals surface area contributed by atoms with E-state index in [1.807, 2.05) is 11.6 Å². The zero-order valence-electron chi connectivity index (χ0n) is 11.7. The van der Waals surface area contributed by atoms with Gasteiger partial charge in [-0.3, -0.25) is 0 Å². The van der Waals surface area contributed by atoms with Crippen molar-refractivity contribution in [1.29, 1.82) is 0 Å². The fourth-order valence-electron chi connectivity index (χ4n) is 1.81. The molecule has 1 aliphatic rings. The topological polar surface area (TPSA) is 93.7 Å². The summed E-state index contributed by atoms with van der Waals surface area (Å²) < 4.78 is 36.3. The van der Waals surface area contributed by atoms with Crippen LogP contribution in [0.5, 0.6) is 0 Å². The molecule has 2 N–H and O–H groups in total. The highest BCUT2D eigenvalue weighted by Gasteiger charge is 2.18. The molecule has 0 aromatic heterocycles. The van der Waals surface area contributed by atoms with E-state index in [1.165, 1.54) is 12.1 Å². The van der Waals surface area contributed by atoms with E-state index in [1.54, 1.807) is 12.1 Å². The van der Waals surface area contributed by atoms with Crippen LogP contribution in [0.15, 0.2) is 29.2 Å². The normalized spacial score (nSPS) is 15.9. The molecular formula is C13H18N2O5S. The Hall–Kier alpha value is -1.64. The summed E-state index contributed by atoms with van der Waals surface area (Å²) in [4.78, 5) is 11.6. The van der Waals surface area contributed by atoms with E-state index in [2.05, 4.69) is 5.32 Å². The first-order valence-electron chi connectivity index (χ1n) is 6.58. The molecule has 2 rings (SSSR count). The number of carbonyl (C=O) groups excluding carboxylic acids is 1. The van der Waals surface area contributed by atoms with E-state index >= 15 is 0 Å². The molecule has 0 atom stereocenters. The molecule has 0 radical (unpaired) electrons. The van der Waals surface area contributed by atoms with Gasteiger partial charge in [0.05, 0.1) is 18.1 Å². The summed E-state index contributed by atoms with van der Waals surface area (Å²) in [5.41, 5.74) is 0.940. The largest absolute Gasteiger partial charge is 0.350 e. The molecule has 0 unspecified atom stereocenters. The quantitative estimate of drug-likeness (QED) is 0.836. The number of sulfonamides is 1. The smallest absolute Gasteiger partial charge is 0.328 e. The fraction of sp³-hybridized carbons (Fsp3) is 0.462. The predicted molar refractivity (Wildman–Crippen MR) is 75.2 cm³/mol. The van der Waals surface area contributed by atoms with E-state index < -0.39 is 16.1 Å². The maximum atomic E-state index is 12.0. The van der Waals surface area contributed by atoms with Crippen molar-refractivity contribution >= 4 is 16.1 Å². The second kappa shape index (κ2) is 6.88. The summed E-state index contributed by atoms with van der Waals surface area (Å²) in [7, 11) is -3.85. The van der Waals surface area contributed by atoms with Crippen molar-refractivity contribution in [3.8, 4) is 0 Å². The summed E-state index contributed by atoms with van der Waals surface area (Å²) in [6.07, 6.45) is 0.136. The van der Waals surface area contributed by atoms with Crippen LogP contribution in [0.25, 0.3) is 0 Å². The molecule has 7 nitrogen and oxygen atoms in total. The molecule has 1 saturated heterocycles. The van der Waals surface area contributed by atoms with E-state index in [0.717, 1.165) is 5.56 Å². The minimum absolute atomic E-state index is 0.0470. The Morgan fingerprint density at radius 2 is 1.86 bits per heavy atom. The van der Waals surface area contributed by atoms with Crippen LogP contribution in [0.3, 0.4) is 0 Å². The third-order valence-electron chi connectivity index (χ3n) is 2.91. The number of aryl methyl sites for hydroxylation is 1. The van der Waals surface area contributed by atoms with Crippen molar-refractivity contribution in [3.05, 3.63) is 29.8 Å². The molecule has 21 heavy (non-hydrogen) atoms. The van der Waals surface area contributed by atoms with Gasteiger partial charge in [-0.1, -0.05) is 17.7 Å². The van der Waals surface area contributed by atoms with Crippen LogP contribution in [-0.4, -0.2) is 40.5 Å². The van der Waals surface area contributed by atoms with E-state index in [-0.39, 0.29) is 17.7 Å². The fourth-order valence-corrected chi connectivity index (χ4v) is 2.74. The monoisotopic (exact) mass is 314 g/mol. The van der Waals surface area contributed by atoms with Crippen LogP contribution < -0.4 is 10.0 Å². The molecule has 0 saturated carbocycles. The number of amides is 2. The summed E-state index contributed by atoms with van der Waals surface area (Å²) in [5.74, 6) is 0. The first-order valence-corrected chi connectivity index (χ1v) is 8.06. The Kier molecular flexibility index (Phi) is 5.16. The lowest BCUT2D eigenvalue weighted by Crippen LogP contribution is -2.40. The third kappa shape index (κ3) is 4.69. The molecule has 0 spiro atoms. The van der Waals surface area contributed by atoms with Gasteiger partial charge in [-0.05, 0) is 19.1 Å². The average molecular weight is 314 g/mol. The van der Waals surface area contributed by atoms with E-state index in [0.29, 0.717) is 19.6 Å². The molecule has 2 amide bonds. The number of urea groups is 1. The molecule has 8 heteroatoms. The number of rotatable bonds is 5. The first kappa shape index (κ1) is 15.7. The van der Waals surface area contributed by atoms with Gasteiger partial charge in [-0.25, -0.2) is 17.9 Å². The SMILES string of the molecule is Cc1ccc(S(=O)(=O)NC(=O)NCCC2OCCO2)cc1. The maximum Gasteiger partial charge on any atom is 0.328 e. The van der Waals surface area contributed by atoms with Crippen molar-refractivity contribution in [2.75, 3.05) is 19.8 Å². The first-order chi connectivity index (χ1) is 9.97. The second-order valence-corrected chi connectivity index (χ2v) is 6.32. The van der Waals surface area contributed by atoms with E-state index in [4.69, 9.17) is 9.47 Å². The highest BCUT2D eigenvalue weighted by atomic mass is 32.2. The second-order valence-electron chi connectivity index (χ2n) is 4.63. The van der Waals surface area contributed by atoms with Crippen molar-refractivity contribution in [2.45, 2.75) is 24.5 Å². The van der Waals surface area contributed by atoms with Crippen LogP contribution in [0.4, 0.5) is 4.79 Å². The zero-order valence-corrected chi connectivity index (χ0v) is 12.5. The van der Waals surface area contributed by atoms with Gasteiger partial charge in [-0.2, -0.15) is 0 Å². The van der Waals surface area contributed by atoms with Crippen LogP contribution in [-0.2, 0) is 19.5 Å². The van der Waals surface area contributed by atoms with Crippen molar-refractivity contribution in [3.63, 3.8) is 0 Å². The molecule has 1 heterocycles. The van der Waals surface area contributed by atoms with Crippen LogP contribution in [0.1, 0.15) is 12.0 Å². The number of ether oxygens (including phenoxy) is 2. The van der Waals surface area contributed by atoms with Crippen molar-refractivity contribution < 1.29 is 22.7 Å². The van der Waals surface area contributed by atoms with Gasteiger partial charge in [-0.15, -0.1) is 0 Å². The summed E-state index contributed by atoms with van der Waals surface area (Å²) in [5, 5.41) is 2.46. The standard InChI is InChI=1S/C13H18N2O5S/c1-10-2-4-11(5-3-10)21(17,18)15-13(16)14-7-6-12-19-8-9-20-12/h2-5,12H,6-9H2,1H3,(H2,14,15,16). The third-order valence-corrected chi connectivity index (χ3v) is 4.26. The van der Waals surface area contributed by atoms with Crippen molar-refractivity contribution in [2.24, 2.45) is 0 Å². The Morgan fingerprint density at radius 1 is 1.24 bits per heavy atom. The maximum absolute atomic E-state index is 12.0. The highest BCUT2D eigenvalue weighted by Crippen LogP contribution is 2.10. The molecule has 1 aliphatic heterocycles. The Labute approximate surface area is 123 Å². The number of hydrogen-bond donors (Lipinski definition) is 2. The lowest BCUT2D eigenvalue weighted by molar-refractivity contribution is -0.0454. The van der Waals surface area contributed by atoms with Gasteiger partial charge in [0, 0.05) is 13.0 Å². The highest BCUT2D eigenvalue weighted by molar-refractivity contribution is 7.90. The minimum Gasteiger partial charge on any atom is -0.350 e. The summed E-state index contributed by atoms with van der Waals surface area (Å²) >= 11 is 0. The van der Waals surface area contributed by atoms with Gasteiger partial charge in [0.1, 0.15) is 0 Å². The molecular weight excluding hydrogens is 296 g/mol. The van der Waals surface area contributed by atoms with Crippen molar-refractivity contribution in [1.82, 2.24) is 10.0 Å². The van der Waals surface area contributed by atoms with Crippen LogP contribution >= 0.6 is 0 Å². The number of nitrogens with one attached hydrogen (secondary N) is 2. The summed E-state index contributed by atoms with van der Waals surface area (Å²) in [6, 6.07) is 5.47. The molecule has 1 aromatic carbocycles. The lowest BCUT2D eigenvalue weighted by atomic mass is 10.2. The van der Waals surface area contributed by atoms with Gasteiger partial charge in [0.2, 0.25) is 0 Å². The van der Waals surface area contributed by atoms with E-state index in [9.17, 15) is 13.2 Å². The van der Waals surface area contributed by atoms with Gasteiger partial charge >= 0.3 is 6.03 Å². The average Bonchev–Trinajstić information content (AvgIpc) is 2.92. The molecule has 1 fully saturated rings. The lowest BCUT2D eigenvalue weighted by Gasteiger charge is -2.11. The van der Waals surface area contributed by atoms with Gasteiger partial charge in [0.25, 0.3) is 10.0 Å². The van der Waals surface area contributed by atoms with Crippen LogP contribution in [0.2, 0.25) is 0 Å². The Bertz CT molecular complexity index is 579. The molecule has 1 aromatic rings. The molecule has 116 valence electrons. The Morgan fingerprint density at radius 3 is 2.48 bits per heavy atom. The molecule has 0 aliphatic carbocycles. The van der Waals surface area contributed by atoms with Gasteiger partial charge < -0.3 is 14.8 Å². The number of hydrogen-bond acceptors (Lipinski definition) is 5. The minimum atomic E-state index is -3.85.